The van der Waals surface area contributed by atoms with Gasteiger partial charge in [-0.15, -0.1) is 0 Å². The van der Waals surface area contributed by atoms with E-state index in [0.717, 1.165) is 56.2 Å². The molecule has 11 rings (SSSR count). The molecule has 0 amide bonds. The van der Waals surface area contributed by atoms with E-state index in [1.54, 1.807) is 6.07 Å². The van der Waals surface area contributed by atoms with Crippen molar-refractivity contribution >= 4 is 32.7 Å². The number of hydrogen-bond acceptors (Lipinski definition) is 5. The number of furan rings is 1. The van der Waals surface area contributed by atoms with Crippen molar-refractivity contribution in [3.8, 4) is 40.2 Å². The second-order valence-electron chi connectivity index (χ2n) is 14.3. The van der Waals surface area contributed by atoms with Crippen LogP contribution >= 0.6 is 0 Å². The molecule has 0 atom stereocenters. The molecule has 4 saturated carbocycles. The molecule has 0 N–H and O–H groups in total. The van der Waals surface area contributed by atoms with Crippen LogP contribution in [0.1, 0.15) is 49.7 Å². The number of aromatic nitrogens is 3. The number of hydrogen-bond donors (Lipinski definition) is 0. The fourth-order valence-electron chi connectivity index (χ4n) is 9.56. The largest absolute Gasteiger partial charge is 0.455 e. The average molecular weight is 609 g/mol. The molecular weight excluding hydrogens is 576 g/mol. The minimum absolute atomic E-state index is 0.343. The van der Waals surface area contributed by atoms with Crippen LogP contribution in [-0.4, -0.2) is 15.0 Å². The molecule has 226 valence electrons. The lowest BCUT2D eigenvalue weighted by Crippen LogP contribution is -2.48. The fraction of sp³-hybridized carbons (Fsp3) is 0.238. The van der Waals surface area contributed by atoms with E-state index >= 15 is 0 Å². The summed E-state index contributed by atoms with van der Waals surface area (Å²) in [5, 5.41) is 13.7. The Balaban J connectivity index is 1.12. The van der Waals surface area contributed by atoms with Gasteiger partial charge in [-0.1, -0.05) is 72.8 Å². The SMILES string of the molecule is N#Cc1ccc2oc3c(-c4nc(-c5ccc(C67CC8C[C@H](C6)C[C@@H](C8)C7)cc5)nc(-c5ccc6ccccc6c5)n4)cccc3c2c1. The van der Waals surface area contributed by atoms with Crippen LogP contribution in [0.25, 0.3) is 66.9 Å². The quantitative estimate of drug-likeness (QED) is 0.199. The van der Waals surface area contributed by atoms with Gasteiger partial charge in [0, 0.05) is 21.9 Å². The van der Waals surface area contributed by atoms with Gasteiger partial charge in [0.15, 0.2) is 17.5 Å². The highest BCUT2D eigenvalue weighted by Crippen LogP contribution is 2.60. The molecule has 2 heterocycles. The molecule has 2 aromatic heterocycles. The van der Waals surface area contributed by atoms with Gasteiger partial charge in [0.2, 0.25) is 0 Å². The zero-order valence-electron chi connectivity index (χ0n) is 26.0. The van der Waals surface area contributed by atoms with Gasteiger partial charge in [-0.05, 0) is 108 Å². The van der Waals surface area contributed by atoms with Crippen LogP contribution < -0.4 is 0 Å². The molecule has 0 spiro atoms. The Morgan fingerprint density at radius 2 is 1.30 bits per heavy atom. The van der Waals surface area contributed by atoms with E-state index in [1.807, 2.05) is 30.3 Å². The van der Waals surface area contributed by atoms with Crippen molar-refractivity contribution < 1.29 is 4.42 Å². The maximum atomic E-state index is 9.52. The standard InChI is InChI=1S/C42H32N4O/c43-24-25-8-15-37-36(19-25)34-6-3-7-35(38(34)47-37)41-45-39(44-40(46-41)32-10-9-29-4-1-2-5-31(29)20-32)30-11-13-33(14-12-30)42-21-26-16-27(22-42)18-28(17-26)23-42/h1-15,19-20,26-28H,16-18,21-23H2/t26-,27+,28?,42?. The average Bonchev–Trinajstić information content (AvgIpc) is 3.49. The zero-order valence-corrected chi connectivity index (χ0v) is 26.0. The number of nitrogens with zero attached hydrogens (tertiary/aromatic N) is 4. The Bertz CT molecular complexity index is 2380. The van der Waals surface area contributed by atoms with Crippen LogP contribution in [0.5, 0.6) is 0 Å². The maximum Gasteiger partial charge on any atom is 0.167 e. The minimum Gasteiger partial charge on any atom is -0.455 e. The Kier molecular flexibility index (Phi) is 5.75. The molecule has 4 aliphatic rings. The zero-order chi connectivity index (χ0) is 31.1. The molecule has 4 aliphatic carbocycles. The highest BCUT2D eigenvalue weighted by molar-refractivity contribution is 6.09. The van der Waals surface area contributed by atoms with Crippen molar-refractivity contribution in [3.05, 3.63) is 114 Å². The third-order valence-corrected chi connectivity index (χ3v) is 11.3. The Morgan fingerprint density at radius 1 is 0.617 bits per heavy atom. The number of para-hydroxylation sites is 1. The Morgan fingerprint density at radius 3 is 2.04 bits per heavy atom. The number of benzene rings is 5. The van der Waals surface area contributed by atoms with Crippen LogP contribution in [-0.2, 0) is 5.41 Å². The van der Waals surface area contributed by atoms with Crippen LogP contribution in [0, 0.1) is 29.1 Å². The summed E-state index contributed by atoms with van der Waals surface area (Å²) in [6.07, 6.45) is 8.37. The topological polar surface area (TPSA) is 75.6 Å². The number of fused-ring (bicyclic) bond motifs is 4. The number of rotatable bonds is 4. The molecule has 0 aliphatic heterocycles. The maximum absolute atomic E-state index is 9.52. The molecule has 47 heavy (non-hydrogen) atoms. The van der Waals surface area contributed by atoms with E-state index in [0.29, 0.717) is 34.0 Å². The lowest BCUT2D eigenvalue weighted by atomic mass is 9.48. The second kappa shape index (κ2) is 10.1. The molecule has 5 nitrogen and oxygen atoms in total. The van der Waals surface area contributed by atoms with E-state index in [-0.39, 0.29) is 0 Å². The molecular formula is C42H32N4O. The molecule has 5 aromatic carbocycles. The van der Waals surface area contributed by atoms with Crippen molar-refractivity contribution in [2.45, 2.75) is 43.9 Å². The van der Waals surface area contributed by atoms with Gasteiger partial charge < -0.3 is 4.42 Å². The molecule has 0 radical (unpaired) electrons. The summed E-state index contributed by atoms with van der Waals surface area (Å²) in [6.45, 7) is 0. The van der Waals surface area contributed by atoms with E-state index in [1.165, 1.54) is 49.5 Å². The van der Waals surface area contributed by atoms with Crippen molar-refractivity contribution in [2.75, 3.05) is 0 Å². The van der Waals surface area contributed by atoms with E-state index < -0.39 is 0 Å². The monoisotopic (exact) mass is 608 g/mol. The van der Waals surface area contributed by atoms with Gasteiger partial charge in [0.1, 0.15) is 11.2 Å². The molecule has 0 unspecified atom stereocenters. The van der Waals surface area contributed by atoms with Crippen LogP contribution in [0.2, 0.25) is 0 Å². The predicted molar refractivity (Wildman–Crippen MR) is 185 cm³/mol. The van der Waals surface area contributed by atoms with Crippen molar-refractivity contribution in [2.24, 2.45) is 17.8 Å². The number of nitriles is 1. The normalized spacial score (nSPS) is 23.1. The second-order valence-corrected chi connectivity index (χ2v) is 14.3. The molecule has 5 heteroatoms. The first-order chi connectivity index (χ1) is 23.1. The lowest BCUT2D eigenvalue weighted by molar-refractivity contribution is -0.00518. The highest BCUT2D eigenvalue weighted by Gasteiger charge is 2.51. The first kappa shape index (κ1) is 26.8. The van der Waals surface area contributed by atoms with Crippen LogP contribution in [0.3, 0.4) is 0 Å². The summed E-state index contributed by atoms with van der Waals surface area (Å²) in [5.74, 6) is 4.56. The first-order valence-electron chi connectivity index (χ1n) is 16.8. The molecule has 4 fully saturated rings. The third-order valence-electron chi connectivity index (χ3n) is 11.3. The van der Waals surface area contributed by atoms with Gasteiger partial charge >= 0.3 is 0 Å². The summed E-state index contributed by atoms with van der Waals surface area (Å²) in [6, 6.07) is 37.7. The molecule has 0 saturated heterocycles. The summed E-state index contributed by atoms with van der Waals surface area (Å²) in [7, 11) is 0. The van der Waals surface area contributed by atoms with E-state index in [2.05, 4.69) is 72.8 Å². The van der Waals surface area contributed by atoms with Crippen LogP contribution in [0.15, 0.2) is 108 Å². The summed E-state index contributed by atoms with van der Waals surface area (Å²) in [5.41, 5.74) is 6.60. The third kappa shape index (κ3) is 4.32. The van der Waals surface area contributed by atoms with Gasteiger partial charge in [0.05, 0.1) is 17.2 Å². The van der Waals surface area contributed by atoms with Crippen LogP contribution in [0.4, 0.5) is 0 Å². The fourth-order valence-corrected chi connectivity index (χ4v) is 9.56. The van der Waals surface area contributed by atoms with Gasteiger partial charge in [-0.3, -0.25) is 0 Å². The highest BCUT2D eigenvalue weighted by atomic mass is 16.3. The van der Waals surface area contributed by atoms with Crippen molar-refractivity contribution in [1.29, 1.82) is 5.26 Å². The van der Waals surface area contributed by atoms with Crippen molar-refractivity contribution in [1.82, 2.24) is 15.0 Å². The van der Waals surface area contributed by atoms with E-state index in [9.17, 15) is 5.26 Å². The smallest absolute Gasteiger partial charge is 0.167 e. The van der Waals surface area contributed by atoms with Gasteiger partial charge in [-0.25, -0.2) is 15.0 Å². The Labute approximate surface area is 272 Å². The van der Waals surface area contributed by atoms with E-state index in [4.69, 9.17) is 19.4 Å². The Hall–Kier alpha value is -5.34. The summed E-state index contributed by atoms with van der Waals surface area (Å²) in [4.78, 5) is 15.3. The van der Waals surface area contributed by atoms with Gasteiger partial charge in [-0.2, -0.15) is 5.26 Å². The first-order valence-corrected chi connectivity index (χ1v) is 16.8. The summed E-state index contributed by atoms with van der Waals surface area (Å²) >= 11 is 0. The molecule has 4 bridgehead atoms. The predicted octanol–water partition coefficient (Wildman–Crippen LogP) is 10.3. The van der Waals surface area contributed by atoms with Crippen molar-refractivity contribution in [3.63, 3.8) is 0 Å². The van der Waals surface area contributed by atoms with Gasteiger partial charge in [0.25, 0.3) is 0 Å². The summed E-state index contributed by atoms with van der Waals surface area (Å²) < 4.78 is 6.41. The molecule has 7 aromatic rings. The lowest BCUT2D eigenvalue weighted by Gasteiger charge is -2.57. The minimum atomic E-state index is 0.343.